The molecule has 0 rings (SSSR count). The second-order valence-electron chi connectivity index (χ2n) is 3.20. The van der Waals surface area contributed by atoms with Gasteiger partial charge in [-0.15, -0.1) is 0 Å². The molecular formula is C9H20N2OS. The van der Waals surface area contributed by atoms with Crippen LogP contribution in [0.15, 0.2) is 0 Å². The van der Waals surface area contributed by atoms with E-state index in [1.165, 1.54) is 0 Å². The van der Waals surface area contributed by atoms with Crippen LogP contribution in [0.25, 0.3) is 0 Å². The minimum absolute atomic E-state index is 0.153. The molecule has 0 fully saturated rings. The zero-order chi connectivity index (χ0) is 10.1. The molecule has 0 aliphatic heterocycles. The van der Waals surface area contributed by atoms with Crippen LogP contribution >= 0.6 is 11.8 Å². The quantitative estimate of drug-likeness (QED) is 0.604. The Labute approximate surface area is 85.0 Å². The first-order chi connectivity index (χ1) is 6.16. The van der Waals surface area contributed by atoms with Crippen molar-refractivity contribution >= 4 is 17.7 Å². The SMILES string of the molecule is CSCCC(=O)NCCNC(C)C. The molecule has 0 unspecified atom stereocenters. The number of amides is 1. The Hall–Kier alpha value is -0.220. The van der Waals surface area contributed by atoms with Crippen molar-refractivity contribution < 1.29 is 4.79 Å². The van der Waals surface area contributed by atoms with Crippen LogP contribution in [-0.4, -0.2) is 37.0 Å². The second-order valence-corrected chi connectivity index (χ2v) is 4.19. The highest BCUT2D eigenvalue weighted by Crippen LogP contribution is 1.94. The molecule has 0 aromatic heterocycles. The molecule has 2 N–H and O–H groups in total. The van der Waals surface area contributed by atoms with E-state index >= 15 is 0 Å². The van der Waals surface area contributed by atoms with Gasteiger partial charge in [0.05, 0.1) is 0 Å². The van der Waals surface area contributed by atoms with Gasteiger partial charge in [-0.1, -0.05) is 13.8 Å². The largest absolute Gasteiger partial charge is 0.355 e. The first-order valence-corrected chi connectivity index (χ1v) is 6.05. The Balaban J connectivity index is 3.17. The van der Waals surface area contributed by atoms with Crippen LogP contribution in [0.3, 0.4) is 0 Å². The Bertz CT molecular complexity index is 140. The first kappa shape index (κ1) is 12.8. The maximum Gasteiger partial charge on any atom is 0.220 e. The number of nitrogens with one attached hydrogen (secondary N) is 2. The summed E-state index contributed by atoms with van der Waals surface area (Å²) in [5, 5.41) is 6.10. The lowest BCUT2D eigenvalue weighted by Crippen LogP contribution is -2.34. The van der Waals surface area contributed by atoms with Crippen LogP contribution < -0.4 is 10.6 Å². The highest BCUT2D eigenvalue weighted by atomic mass is 32.2. The van der Waals surface area contributed by atoms with E-state index in [0.29, 0.717) is 12.5 Å². The topological polar surface area (TPSA) is 41.1 Å². The fourth-order valence-corrected chi connectivity index (χ4v) is 1.24. The predicted molar refractivity (Wildman–Crippen MR) is 59.1 cm³/mol. The molecule has 4 heteroatoms. The summed E-state index contributed by atoms with van der Waals surface area (Å²) in [6.45, 7) is 5.76. The number of carbonyl (C=O) groups is 1. The molecule has 78 valence electrons. The van der Waals surface area contributed by atoms with E-state index in [1.807, 2.05) is 6.26 Å². The molecule has 0 aliphatic carbocycles. The number of hydrogen-bond donors (Lipinski definition) is 2. The standard InChI is InChI=1S/C9H20N2OS/c1-8(2)10-5-6-11-9(12)4-7-13-3/h8,10H,4-7H2,1-3H3,(H,11,12). The third-order valence-corrected chi connectivity index (χ3v) is 2.15. The summed E-state index contributed by atoms with van der Waals surface area (Å²) in [5.74, 6) is 1.06. The fourth-order valence-electron chi connectivity index (χ4n) is 0.846. The smallest absolute Gasteiger partial charge is 0.220 e. The molecule has 13 heavy (non-hydrogen) atoms. The van der Waals surface area contributed by atoms with Crippen molar-refractivity contribution in [1.82, 2.24) is 10.6 Å². The summed E-state index contributed by atoms with van der Waals surface area (Å²) in [5.41, 5.74) is 0. The second kappa shape index (κ2) is 8.38. The van der Waals surface area contributed by atoms with Crippen molar-refractivity contribution in [3.05, 3.63) is 0 Å². The van der Waals surface area contributed by atoms with Gasteiger partial charge in [0, 0.05) is 31.3 Å². The summed E-state index contributed by atoms with van der Waals surface area (Å²) >= 11 is 1.70. The first-order valence-electron chi connectivity index (χ1n) is 4.66. The van der Waals surface area contributed by atoms with Gasteiger partial charge in [-0.05, 0) is 6.26 Å². The molecule has 0 saturated heterocycles. The Morgan fingerprint density at radius 1 is 1.38 bits per heavy atom. The van der Waals surface area contributed by atoms with Crippen LogP contribution in [0.1, 0.15) is 20.3 Å². The monoisotopic (exact) mass is 204 g/mol. The van der Waals surface area contributed by atoms with Crippen LogP contribution in [0.5, 0.6) is 0 Å². The third kappa shape index (κ3) is 9.70. The maximum absolute atomic E-state index is 11.1. The third-order valence-electron chi connectivity index (χ3n) is 1.53. The van der Waals surface area contributed by atoms with Crippen molar-refractivity contribution in [3.8, 4) is 0 Å². The Morgan fingerprint density at radius 3 is 2.62 bits per heavy atom. The molecule has 0 aliphatic rings. The molecule has 0 spiro atoms. The zero-order valence-electron chi connectivity index (χ0n) is 8.72. The molecule has 3 nitrogen and oxygen atoms in total. The average molecular weight is 204 g/mol. The van der Waals surface area contributed by atoms with Crippen LogP contribution in [0, 0.1) is 0 Å². The van der Waals surface area contributed by atoms with E-state index < -0.39 is 0 Å². The van der Waals surface area contributed by atoms with Gasteiger partial charge < -0.3 is 10.6 Å². The Kier molecular flexibility index (Phi) is 8.24. The van der Waals surface area contributed by atoms with Gasteiger partial charge in [-0.25, -0.2) is 0 Å². The van der Waals surface area contributed by atoms with Gasteiger partial charge in [0.1, 0.15) is 0 Å². The normalized spacial score (nSPS) is 10.5. The number of rotatable bonds is 7. The van der Waals surface area contributed by atoms with Crippen molar-refractivity contribution in [2.45, 2.75) is 26.3 Å². The lowest BCUT2D eigenvalue weighted by molar-refractivity contribution is -0.120. The minimum Gasteiger partial charge on any atom is -0.355 e. The highest BCUT2D eigenvalue weighted by Gasteiger charge is 1.98. The van der Waals surface area contributed by atoms with Gasteiger partial charge in [-0.2, -0.15) is 11.8 Å². The van der Waals surface area contributed by atoms with Crippen LogP contribution in [0.4, 0.5) is 0 Å². The van der Waals surface area contributed by atoms with Gasteiger partial charge in [0.2, 0.25) is 5.91 Å². The van der Waals surface area contributed by atoms with E-state index in [0.717, 1.165) is 18.8 Å². The number of hydrogen-bond acceptors (Lipinski definition) is 3. The lowest BCUT2D eigenvalue weighted by atomic mass is 10.4. The lowest BCUT2D eigenvalue weighted by Gasteiger charge is -2.08. The molecule has 0 aromatic carbocycles. The van der Waals surface area contributed by atoms with Crippen molar-refractivity contribution in [2.75, 3.05) is 25.1 Å². The molecule has 0 aromatic rings. The summed E-state index contributed by atoms with van der Waals surface area (Å²) in [7, 11) is 0. The van der Waals surface area contributed by atoms with E-state index in [2.05, 4.69) is 24.5 Å². The van der Waals surface area contributed by atoms with Gasteiger partial charge in [0.15, 0.2) is 0 Å². The van der Waals surface area contributed by atoms with E-state index in [9.17, 15) is 4.79 Å². The van der Waals surface area contributed by atoms with Gasteiger partial charge >= 0.3 is 0 Å². The van der Waals surface area contributed by atoms with Crippen LogP contribution in [-0.2, 0) is 4.79 Å². The van der Waals surface area contributed by atoms with E-state index in [-0.39, 0.29) is 5.91 Å². The molecule has 0 heterocycles. The van der Waals surface area contributed by atoms with Crippen molar-refractivity contribution in [2.24, 2.45) is 0 Å². The average Bonchev–Trinajstić information content (AvgIpc) is 2.08. The molecule has 0 radical (unpaired) electrons. The van der Waals surface area contributed by atoms with Gasteiger partial charge in [-0.3, -0.25) is 4.79 Å². The minimum atomic E-state index is 0.153. The number of carbonyl (C=O) groups excluding carboxylic acids is 1. The molecule has 0 atom stereocenters. The van der Waals surface area contributed by atoms with E-state index in [1.54, 1.807) is 11.8 Å². The highest BCUT2D eigenvalue weighted by molar-refractivity contribution is 7.98. The van der Waals surface area contributed by atoms with Crippen molar-refractivity contribution in [1.29, 1.82) is 0 Å². The predicted octanol–water partition coefficient (Wildman–Crippen LogP) is 0.854. The fraction of sp³-hybridized carbons (Fsp3) is 0.889. The summed E-state index contributed by atoms with van der Waals surface area (Å²) < 4.78 is 0. The number of thioether (sulfide) groups is 1. The molecule has 0 saturated carbocycles. The summed E-state index contributed by atoms with van der Waals surface area (Å²) in [6.07, 6.45) is 2.64. The van der Waals surface area contributed by atoms with Gasteiger partial charge in [0.25, 0.3) is 0 Å². The molecule has 0 bridgehead atoms. The Morgan fingerprint density at radius 2 is 2.08 bits per heavy atom. The van der Waals surface area contributed by atoms with Crippen LogP contribution in [0.2, 0.25) is 0 Å². The molecule has 1 amide bonds. The van der Waals surface area contributed by atoms with Crippen molar-refractivity contribution in [3.63, 3.8) is 0 Å². The van der Waals surface area contributed by atoms with E-state index in [4.69, 9.17) is 0 Å². The molecular weight excluding hydrogens is 184 g/mol. The maximum atomic E-state index is 11.1. The summed E-state index contributed by atoms with van der Waals surface area (Å²) in [6, 6.07) is 0.489. The summed E-state index contributed by atoms with van der Waals surface area (Å²) in [4.78, 5) is 11.1. The zero-order valence-corrected chi connectivity index (χ0v) is 9.54.